The fourth-order valence-corrected chi connectivity index (χ4v) is 4.43. The Kier molecular flexibility index (Phi) is 9.99. The van der Waals surface area contributed by atoms with Crippen LogP contribution in [0.1, 0.15) is 78.7 Å². The summed E-state index contributed by atoms with van der Waals surface area (Å²) in [5.41, 5.74) is 4.11. The first-order valence-electron chi connectivity index (χ1n) is 11.6. The van der Waals surface area contributed by atoms with Crippen molar-refractivity contribution in [2.75, 3.05) is 26.4 Å². The second kappa shape index (κ2) is 12.2. The van der Waals surface area contributed by atoms with Crippen molar-refractivity contribution in [2.45, 2.75) is 84.8 Å². The predicted molar refractivity (Wildman–Crippen MR) is 121 cm³/mol. The van der Waals surface area contributed by atoms with E-state index in [9.17, 15) is 4.79 Å². The lowest BCUT2D eigenvalue weighted by Gasteiger charge is -2.22. The SMILES string of the molecule is CCOC(=O)CCCCCC1(C)C(C)=[N+](CCC(OCC)OCC)c2ccccc21. The third-order valence-corrected chi connectivity index (χ3v) is 6.15. The summed E-state index contributed by atoms with van der Waals surface area (Å²) in [5.74, 6) is -0.0815. The van der Waals surface area contributed by atoms with Gasteiger partial charge in [-0.15, -0.1) is 0 Å². The molecule has 1 heterocycles. The third-order valence-electron chi connectivity index (χ3n) is 6.15. The molecule has 0 saturated carbocycles. The van der Waals surface area contributed by atoms with Gasteiger partial charge in [-0.25, -0.2) is 0 Å². The molecule has 168 valence electrons. The van der Waals surface area contributed by atoms with Gasteiger partial charge in [0.1, 0.15) is 0 Å². The van der Waals surface area contributed by atoms with Gasteiger partial charge in [0.2, 0.25) is 5.69 Å². The molecule has 1 aliphatic rings. The molecule has 1 unspecified atom stereocenters. The molecule has 0 N–H and O–H groups in total. The number of rotatable bonds is 14. The average molecular weight is 419 g/mol. The van der Waals surface area contributed by atoms with E-state index in [4.69, 9.17) is 14.2 Å². The molecule has 1 aliphatic heterocycles. The standard InChI is InChI=1S/C25H40NO4/c1-6-28-23(27)16-10-9-13-18-25(5)20(4)26(22-15-12-11-14-21(22)25)19-17-24(29-7-2)30-8-3/h11-12,14-15,24H,6-10,13,16-19H2,1-5H3/q+1. The summed E-state index contributed by atoms with van der Waals surface area (Å²) in [6.45, 7) is 13.1. The Morgan fingerprint density at radius 3 is 2.40 bits per heavy atom. The van der Waals surface area contributed by atoms with E-state index in [1.165, 1.54) is 17.0 Å². The number of carbonyl (C=O) groups is 1. The zero-order valence-electron chi connectivity index (χ0n) is 19.5. The highest BCUT2D eigenvalue weighted by molar-refractivity contribution is 5.93. The number of esters is 1. The first kappa shape index (κ1) is 24.5. The second-order valence-corrected chi connectivity index (χ2v) is 8.08. The van der Waals surface area contributed by atoms with Crippen molar-refractivity contribution in [1.82, 2.24) is 0 Å². The first-order chi connectivity index (χ1) is 14.5. The molecule has 0 amide bonds. The third kappa shape index (κ3) is 6.14. The van der Waals surface area contributed by atoms with Crippen molar-refractivity contribution in [2.24, 2.45) is 0 Å². The van der Waals surface area contributed by atoms with E-state index in [2.05, 4.69) is 42.7 Å². The molecule has 5 heteroatoms. The van der Waals surface area contributed by atoms with E-state index < -0.39 is 0 Å². The first-order valence-corrected chi connectivity index (χ1v) is 11.6. The molecule has 0 aliphatic carbocycles. The molecular weight excluding hydrogens is 378 g/mol. The van der Waals surface area contributed by atoms with Crippen molar-refractivity contribution >= 4 is 17.4 Å². The second-order valence-electron chi connectivity index (χ2n) is 8.08. The van der Waals surface area contributed by atoms with Crippen LogP contribution in [0.15, 0.2) is 24.3 Å². The van der Waals surface area contributed by atoms with Gasteiger partial charge in [0.05, 0.1) is 18.4 Å². The van der Waals surface area contributed by atoms with Crippen LogP contribution < -0.4 is 0 Å². The van der Waals surface area contributed by atoms with Crippen LogP contribution >= 0.6 is 0 Å². The van der Waals surface area contributed by atoms with Gasteiger partial charge >= 0.3 is 5.97 Å². The zero-order valence-corrected chi connectivity index (χ0v) is 19.5. The molecule has 1 aromatic carbocycles. The molecule has 1 aromatic rings. The van der Waals surface area contributed by atoms with Crippen molar-refractivity contribution in [3.05, 3.63) is 29.8 Å². The lowest BCUT2D eigenvalue weighted by molar-refractivity contribution is -0.444. The van der Waals surface area contributed by atoms with Crippen molar-refractivity contribution < 1.29 is 23.6 Å². The van der Waals surface area contributed by atoms with Gasteiger partial charge in [0, 0.05) is 38.2 Å². The molecule has 30 heavy (non-hydrogen) atoms. The normalized spacial score (nSPS) is 18.2. The number of nitrogens with zero attached hydrogens (tertiary/aromatic N) is 1. The molecule has 0 spiro atoms. The number of carbonyl (C=O) groups excluding carboxylic acids is 1. The van der Waals surface area contributed by atoms with Crippen LogP contribution in [0, 0.1) is 0 Å². The van der Waals surface area contributed by atoms with E-state index in [1.807, 2.05) is 20.8 Å². The largest absolute Gasteiger partial charge is 0.466 e. The summed E-state index contributed by atoms with van der Waals surface area (Å²) in [6, 6.07) is 8.74. The monoisotopic (exact) mass is 418 g/mol. The minimum absolute atomic E-state index is 0.0211. The van der Waals surface area contributed by atoms with E-state index >= 15 is 0 Å². The molecule has 0 saturated heterocycles. The van der Waals surface area contributed by atoms with Crippen molar-refractivity contribution in [1.29, 1.82) is 0 Å². The Balaban J connectivity index is 2.04. The maximum absolute atomic E-state index is 11.6. The van der Waals surface area contributed by atoms with E-state index in [1.54, 1.807) is 0 Å². The summed E-state index contributed by atoms with van der Waals surface area (Å²) in [7, 11) is 0. The maximum Gasteiger partial charge on any atom is 0.305 e. The topological polar surface area (TPSA) is 47.8 Å². The van der Waals surface area contributed by atoms with Crippen LogP contribution in [0.2, 0.25) is 0 Å². The Bertz CT molecular complexity index is 709. The number of benzene rings is 1. The summed E-state index contributed by atoms with van der Waals surface area (Å²) in [5, 5.41) is 0. The molecule has 1 atom stereocenters. The fraction of sp³-hybridized carbons (Fsp3) is 0.680. The van der Waals surface area contributed by atoms with Crippen LogP contribution in [-0.2, 0) is 24.4 Å². The van der Waals surface area contributed by atoms with Gasteiger partial charge in [-0.05, 0) is 40.5 Å². The predicted octanol–water partition coefficient (Wildman–Crippen LogP) is 5.37. The number of hydrogen-bond donors (Lipinski definition) is 0. The summed E-state index contributed by atoms with van der Waals surface area (Å²) < 4.78 is 19.0. The Morgan fingerprint density at radius 2 is 1.73 bits per heavy atom. The Labute approximate surface area is 182 Å². The molecule has 0 fully saturated rings. The highest BCUT2D eigenvalue weighted by Crippen LogP contribution is 2.43. The molecule has 0 aromatic heterocycles. The quantitative estimate of drug-likeness (QED) is 0.176. The van der Waals surface area contributed by atoms with Crippen molar-refractivity contribution in [3.8, 4) is 0 Å². The van der Waals surface area contributed by atoms with E-state index in [-0.39, 0.29) is 17.7 Å². The van der Waals surface area contributed by atoms with Gasteiger partial charge < -0.3 is 14.2 Å². The highest BCUT2D eigenvalue weighted by Gasteiger charge is 2.45. The minimum Gasteiger partial charge on any atom is -0.466 e. The molecular formula is C25H40NO4+. The van der Waals surface area contributed by atoms with Crippen molar-refractivity contribution in [3.63, 3.8) is 0 Å². The van der Waals surface area contributed by atoms with Crippen LogP contribution in [0.4, 0.5) is 5.69 Å². The van der Waals surface area contributed by atoms with Crippen LogP contribution in [0.3, 0.4) is 0 Å². The van der Waals surface area contributed by atoms with E-state index in [0.717, 1.165) is 38.6 Å². The Hall–Kier alpha value is -1.72. The number of ether oxygens (including phenoxy) is 3. The summed E-state index contributed by atoms with van der Waals surface area (Å²) in [6.07, 6.45) is 5.31. The lowest BCUT2D eigenvalue weighted by Crippen LogP contribution is -2.31. The maximum atomic E-state index is 11.6. The van der Waals surface area contributed by atoms with Gasteiger partial charge in [-0.2, -0.15) is 4.58 Å². The number of para-hydroxylation sites is 1. The van der Waals surface area contributed by atoms with Gasteiger partial charge in [0.15, 0.2) is 18.5 Å². The van der Waals surface area contributed by atoms with E-state index in [0.29, 0.717) is 26.2 Å². The zero-order chi connectivity index (χ0) is 22.0. The van der Waals surface area contributed by atoms with Crippen LogP contribution in [0.25, 0.3) is 0 Å². The molecule has 2 rings (SSSR count). The number of fused-ring (bicyclic) bond motifs is 1. The smallest absolute Gasteiger partial charge is 0.305 e. The average Bonchev–Trinajstić information content (AvgIpc) is 2.94. The summed E-state index contributed by atoms with van der Waals surface area (Å²) >= 11 is 0. The molecule has 5 nitrogen and oxygen atoms in total. The minimum atomic E-state index is -0.158. The van der Waals surface area contributed by atoms with Gasteiger partial charge in [-0.3, -0.25) is 4.79 Å². The number of unbranched alkanes of at least 4 members (excludes halogenated alkanes) is 2. The lowest BCUT2D eigenvalue weighted by atomic mass is 9.76. The Morgan fingerprint density at radius 1 is 1.03 bits per heavy atom. The molecule has 0 radical (unpaired) electrons. The highest BCUT2D eigenvalue weighted by atomic mass is 16.7. The van der Waals surface area contributed by atoms with Gasteiger partial charge in [0.25, 0.3) is 0 Å². The summed E-state index contributed by atoms with van der Waals surface area (Å²) in [4.78, 5) is 11.6. The van der Waals surface area contributed by atoms with Gasteiger partial charge in [-0.1, -0.05) is 31.0 Å². The number of hydrogen-bond acceptors (Lipinski definition) is 4. The van der Waals surface area contributed by atoms with Crippen LogP contribution in [-0.4, -0.2) is 48.9 Å². The van der Waals surface area contributed by atoms with Crippen LogP contribution in [0.5, 0.6) is 0 Å². The fourth-order valence-electron chi connectivity index (χ4n) is 4.43. The molecule has 0 bridgehead atoms.